The molecule has 2 aromatic rings. The maximum Gasteiger partial charge on any atom is 0.280 e. The molecular formula is C23H25NO4. The van der Waals surface area contributed by atoms with E-state index in [9.17, 15) is 4.79 Å². The molecule has 1 aliphatic heterocycles. The van der Waals surface area contributed by atoms with Crippen LogP contribution in [0.5, 0.6) is 5.75 Å². The summed E-state index contributed by atoms with van der Waals surface area (Å²) < 4.78 is 11.7. The minimum atomic E-state index is -0.934. The fourth-order valence-electron chi connectivity index (χ4n) is 3.78. The Morgan fingerprint density at radius 3 is 2.50 bits per heavy atom. The van der Waals surface area contributed by atoms with Gasteiger partial charge in [0.15, 0.2) is 5.72 Å². The molecule has 1 amide bonds. The predicted octanol–water partition coefficient (Wildman–Crippen LogP) is 4.34. The molecule has 0 radical (unpaired) electrons. The Labute approximate surface area is 165 Å². The van der Waals surface area contributed by atoms with Crippen molar-refractivity contribution in [1.82, 2.24) is 5.06 Å². The van der Waals surface area contributed by atoms with Crippen LogP contribution in [-0.2, 0) is 21.0 Å². The van der Waals surface area contributed by atoms with E-state index in [1.54, 1.807) is 21.0 Å². The van der Waals surface area contributed by atoms with Gasteiger partial charge in [-0.2, -0.15) is 5.06 Å². The summed E-state index contributed by atoms with van der Waals surface area (Å²) >= 11 is 0. The largest absolute Gasteiger partial charge is 0.496 e. The highest BCUT2D eigenvalue weighted by Gasteiger charge is 2.63. The normalized spacial score (nSPS) is 24.6. The number of methoxy groups -OCH3 is 1. The van der Waals surface area contributed by atoms with Crippen molar-refractivity contribution in [2.75, 3.05) is 7.11 Å². The van der Waals surface area contributed by atoms with Crippen LogP contribution in [0.4, 0.5) is 0 Å². The monoisotopic (exact) mass is 379 g/mol. The fourth-order valence-corrected chi connectivity index (χ4v) is 3.78. The molecule has 28 heavy (non-hydrogen) atoms. The third-order valence-corrected chi connectivity index (χ3v) is 5.36. The molecule has 1 saturated carbocycles. The second-order valence-electron chi connectivity index (χ2n) is 7.67. The Bertz CT molecular complexity index is 906. The number of carbonyl (C=O) groups excluding carboxylic acids is 1. The lowest BCUT2D eigenvalue weighted by molar-refractivity contribution is -0.266. The summed E-state index contributed by atoms with van der Waals surface area (Å²) in [6.07, 6.45) is 3.60. The molecule has 2 fully saturated rings. The van der Waals surface area contributed by atoms with E-state index in [4.69, 9.17) is 14.3 Å². The third kappa shape index (κ3) is 3.11. The zero-order valence-electron chi connectivity index (χ0n) is 16.5. The summed E-state index contributed by atoms with van der Waals surface area (Å²) in [5.74, 6) is 0.631. The van der Waals surface area contributed by atoms with Gasteiger partial charge in [0.05, 0.1) is 7.11 Å². The number of hydroxylamine groups is 2. The third-order valence-electron chi connectivity index (χ3n) is 5.36. The van der Waals surface area contributed by atoms with Crippen molar-refractivity contribution in [2.24, 2.45) is 0 Å². The highest BCUT2D eigenvalue weighted by molar-refractivity contribution is 5.87. The maximum absolute atomic E-state index is 13.0. The molecule has 1 atom stereocenters. The van der Waals surface area contributed by atoms with Crippen LogP contribution in [0.1, 0.15) is 37.8 Å². The van der Waals surface area contributed by atoms with Crippen molar-refractivity contribution in [1.29, 1.82) is 0 Å². The zero-order valence-corrected chi connectivity index (χ0v) is 16.5. The smallest absolute Gasteiger partial charge is 0.280 e. The van der Waals surface area contributed by atoms with Crippen molar-refractivity contribution in [3.05, 3.63) is 71.3 Å². The number of benzene rings is 2. The topological polar surface area (TPSA) is 48.0 Å². The number of ether oxygens (including phenoxy) is 2. The van der Waals surface area contributed by atoms with Crippen LogP contribution in [0.15, 0.2) is 60.2 Å². The molecule has 1 spiro atoms. The summed E-state index contributed by atoms with van der Waals surface area (Å²) in [6, 6.07) is 17.6. The Morgan fingerprint density at radius 2 is 1.82 bits per heavy atom. The van der Waals surface area contributed by atoms with Gasteiger partial charge >= 0.3 is 0 Å². The van der Waals surface area contributed by atoms with Crippen LogP contribution in [0.2, 0.25) is 0 Å². The Balaban J connectivity index is 1.65. The van der Waals surface area contributed by atoms with E-state index in [1.807, 2.05) is 54.6 Å². The molecule has 0 bridgehead atoms. The van der Waals surface area contributed by atoms with Gasteiger partial charge in [-0.3, -0.25) is 9.63 Å². The summed E-state index contributed by atoms with van der Waals surface area (Å²) in [6.45, 7) is 3.90. The lowest BCUT2D eigenvalue weighted by atomic mass is 9.80. The van der Waals surface area contributed by atoms with Crippen molar-refractivity contribution in [3.8, 4) is 5.75 Å². The maximum atomic E-state index is 13.0. The van der Waals surface area contributed by atoms with Crippen LogP contribution in [0, 0.1) is 0 Å². The molecule has 1 unspecified atom stereocenters. The number of carbonyl (C=O) groups is 1. The van der Waals surface area contributed by atoms with Crippen molar-refractivity contribution in [3.63, 3.8) is 0 Å². The highest BCUT2D eigenvalue weighted by Crippen LogP contribution is 2.52. The molecule has 0 aromatic heterocycles. The summed E-state index contributed by atoms with van der Waals surface area (Å²) in [5.41, 5.74) is 1.20. The molecule has 146 valence electrons. The minimum Gasteiger partial charge on any atom is -0.496 e. The lowest BCUT2D eigenvalue weighted by Crippen LogP contribution is -2.53. The van der Waals surface area contributed by atoms with Gasteiger partial charge in [-0.05, 0) is 43.5 Å². The highest BCUT2D eigenvalue weighted by atomic mass is 16.7. The van der Waals surface area contributed by atoms with Gasteiger partial charge in [-0.1, -0.05) is 48.5 Å². The van der Waals surface area contributed by atoms with Gasteiger partial charge in [0.2, 0.25) is 0 Å². The number of nitrogens with zero attached hydrogens (tertiary/aromatic N) is 1. The van der Waals surface area contributed by atoms with Gasteiger partial charge < -0.3 is 9.47 Å². The standard InChI is InChI=1S/C23H25NO4/c1-22(2)21(25)24(27-16-17-9-5-4-6-10-17)23(28-22)14-13-19(23)15-18-11-7-8-12-20(18)26-3/h4-12,15H,13-14,16H2,1-3H3/b19-15+. The number of hydrogen-bond acceptors (Lipinski definition) is 4. The molecule has 1 heterocycles. The van der Waals surface area contributed by atoms with Gasteiger partial charge in [-0.25, -0.2) is 0 Å². The van der Waals surface area contributed by atoms with E-state index in [-0.39, 0.29) is 5.91 Å². The zero-order chi connectivity index (χ0) is 19.8. The number of para-hydroxylation sites is 1. The minimum absolute atomic E-state index is 0.158. The van der Waals surface area contributed by atoms with Crippen LogP contribution >= 0.6 is 0 Å². The van der Waals surface area contributed by atoms with E-state index in [0.717, 1.165) is 28.9 Å². The molecular weight excluding hydrogens is 354 g/mol. The average Bonchev–Trinajstić information content (AvgIpc) is 2.92. The SMILES string of the molecule is COc1ccccc1/C=C1\CCC12OC(C)(C)C(=O)N2OCc1ccccc1. The predicted molar refractivity (Wildman–Crippen MR) is 106 cm³/mol. The number of amides is 1. The number of rotatable bonds is 5. The molecule has 2 aliphatic rings. The molecule has 5 heteroatoms. The second kappa shape index (κ2) is 7.08. The first-order valence-electron chi connectivity index (χ1n) is 9.52. The molecule has 2 aromatic carbocycles. The number of hydrogen-bond donors (Lipinski definition) is 0. The van der Waals surface area contributed by atoms with Crippen LogP contribution < -0.4 is 4.74 Å². The van der Waals surface area contributed by atoms with Crippen LogP contribution in [0.25, 0.3) is 6.08 Å². The molecule has 4 rings (SSSR count). The van der Waals surface area contributed by atoms with E-state index in [1.165, 1.54) is 5.06 Å². The van der Waals surface area contributed by atoms with E-state index in [0.29, 0.717) is 13.0 Å². The van der Waals surface area contributed by atoms with Crippen molar-refractivity contribution >= 4 is 12.0 Å². The molecule has 0 N–H and O–H groups in total. The lowest BCUT2D eigenvalue weighted by Gasteiger charge is -2.45. The van der Waals surface area contributed by atoms with Gasteiger partial charge in [0, 0.05) is 12.0 Å². The van der Waals surface area contributed by atoms with Gasteiger partial charge in [0.25, 0.3) is 5.91 Å². The first-order valence-corrected chi connectivity index (χ1v) is 9.52. The van der Waals surface area contributed by atoms with Crippen molar-refractivity contribution in [2.45, 2.75) is 44.6 Å². The second-order valence-corrected chi connectivity index (χ2v) is 7.67. The summed E-state index contributed by atoms with van der Waals surface area (Å²) in [5, 5.41) is 1.45. The first-order chi connectivity index (χ1) is 13.5. The Kier molecular flexibility index (Phi) is 4.73. The molecule has 1 saturated heterocycles. The van der Waals surface area contributed by atoms with Crippen molar-refractivity contribution < 1.29 is 19.1 Å². The Morgan fingerprint density at radius 1 is 1.11 bits per heavy atom. The van der Waals surface area contributed by atoms with E-state index in [2.05, 4.69) is 6.08 Å². The van der Waals surface area contributed by atoms with E-state index >= 15 is 0 Å². The quantitative estimate of drug-likeness (QED) is 0.775. The average molecular weight is 379 g/mol. The van der Waals surface area contributed by atoms with Crippen LogP contribution in [-0.4, -0.2) is 29.4 Å². The first kappa shape index (κ1) is 18.7. The van der Waals surface area contributed by atoms with E-state index < -0.39 is 11.3 Å². The molecule has 1 aliphatic carbocycles. The van der Waals surface area contributed by atoms with Gasteiger partial charge in [0.1, 0.15) is 18.0 Å². The van der Waals surface area contributed by atoms with Crippen LogP contribution in [0.3, 0.4) is 0 Å². The van der Waals surface area contributed by atoms with Gasteiger partial charge in [-0.15, -0.1) is 0 Å². The fraction of sp³-hybridized carbons (Fsp3) is 0.348. The summed E-state index contributed by atoms with van der Waals surface area (Å²) in [7, 11) is 1.65. The Hall–Kier alpha value is -2.63. The summed E-state index contributed by atoms with van der Waals surface area (Å²) in [4.78, 5) is 19.0. The molecule has 5 nitrogen and oxygen atoms in total.